The molecule has 2 heteroatoms. The molecule has 0 aromatic carbocycles. The summed E-state index contributed by atoms with van der Waals surface area (Å²) in [5, 5.41) is 0. The summed E-state index contributed by atoms with van der Waals surface area (Å²) in [4.78, 5) is 0. The minimum Gasteiger partial charge on any atom is -0.501 e. The molecule has 0 amide bonds. The highest BCUT2D eigenvalue weighted by atomic mass is 16.5. The van der Waals surface area contributed by atoms with Gasteiger partial charge in [-0.15, -0.1) is 0 Å². The van der Waals surface area contributed by atoms with Gasteiger partial charge in [-0.25, -0.2) is 0 Å². The third-order valence-electron chi connectivity index (χ3n) is 5.40. The van der Waals surface area contributed by atoms with E-state index in [0.29, 0.717) is 0 Å². The van der Waals surface area contributed by atoms with E-state index in [1.807, 2.05) is 0 Å². The maximum Gasteiger partial charge on any atom is 0.0961 e. The fourth-order valence-electron chi connectivity index (χ4n) is 4.05. The number of allylic oxidation sites excluding steroid dienone is 4. The van der Waals surface area contributed by atoms with Gasteiger partial charge in [0, 0.05) is 17.4 Å². The molecule has 0 saturated heterocycles. The topological polar surface area (TPSA) is 35.2 Å². The number of hydrogen-bond acceptors (Lipinski definition) is 2. The zero-order valence-corrected chi connectivity index (χ0v) is 13.4. The lowest BCUT2D eigenvalue weighted by Crippen LogP contribution is -2.56. The molecule has 0 aromatic heterocycles. The van der Waals surface area contributed by atoms with Crippen molar-refractivity contribution in [3.8, 4) is 0 Å². The van der Waals surface area contributed by atoms with Crippen LogP contribution in [0, 0.1) is 10.8 Å². The Kier molecular flexibility index (Phi) is 3.37. The van der Waals surface area contributed by atoms with E-state index in [1.54, 1.807) is 12.7 Å². The Labute approximate surface area is 118 Å². The maximum atomic E-state index is 6.60. The van der Waals surface area contributed by atoms with E-state index in [-0.39, 0.29) is 16.4 Å². The molecule has 0 spiro atoms. The SMILES string of the molecule is COC1=CC2=C(CC1)CC(C(C)(C)C)(C(C)(C)N)C2. The minimum absolute atomic E-state index is 0.143. The van der Waals surface area contributed by atoms with E-state index in [9.17, 15) is 0 Å². The van der Waals surface area contributed by atoms with Crippen LogP contribution in [0.2, 0.25) is 0 Å². The van der Waals surface area contributed by atoms with E-state index in [1.165, 1.54) is 5.57 Å². The summed E-state index contributed by atoms with van der Waals surface area (Å²) in [5.41, 5.74) is 9.86. The second kappa shape index (κ2) is 4.37. The molecular formula is C17H29NO. The van der Waals surface area contributed by atoms with Crippen molar-refractivity contribution in [3.05, 3.63) is 23.0 Å². The van der Waals surface area contributed by atoms with Gasteiger partial charge in [0.1, 0.15) is 0 Å². The molecule has 2 nitrogen and oxygen atoms in total. The first kappa shape index (κ1) is 14.6. The summed E-state index contributed by atoms with van der Waals surface area (Å²) in [6.45, 7) is 11.4. The van der Waals surface area contributed by atoms with Crippen molar-refractivity contribution in [1.82, 2.24) is 0 Å². The monoisotopic (exact) mass is 263 g/mol. The van der Waals surface area contributed by atoms with E-state index in [4.69, 9.17) is 10.5 Å². The summed E-state index contributed by atoms with van der Waals surface area (Å²) in [5.74, 6) is 1.12. The molecule has 1 unspecified atom stereocenters. The molecule has 2 rings (SSSR count). The molecule has 0 radical (unpaired) electrons. The smallest absolute Gasteiger partial charge is 0.0961 e. The molecule has 0 bridgehead atoms. The van der Waals surface area contributed by atoms with Crippen LogP contribution in [0.5, 0.6) is 0 Å². The number of methoxy groups -OCH3 is 1. The van der Waals surface area contributed by atoms with Crippen molar-refractivity contribution in [2.45, 2.75) is 65.8 Å². The predicted molar refractivity (Wildman–Crippen MR) is 80.7 cm³/mol. The Balaban J connectivity index is 2.38. The first-order chi connectivity index (χ1) is 8.61. The van der Waals surface area contributed by atoms with Crippen LogP contribution in [0.1, 0.15) is 60.3 Å². The molecular weight excluding hydrogens is 234 g/mol. The van der Waals surface area contributed by atoms with Crippen molar-refractivity contribution >= 4 is 0 Å². The van der Waals surface area contributed by atoms with E-state index < -0.39 is 0 Å². The zero-order chi connectivity index (χ0) is 14.5. The Morgan fingerprint density at radius 1 is 1.11 bits per heavy atom. The predicted octanol–water partition coefficient (Wildman–Crippen LogP) is 4.17. The number of rotatable bonds is 2. The highest BCUT2D eigenvalue weighted by Gasteiger charge is 2.54. The fourth-order valence-corrected chi connectivity index (χ4v) is 4.05. The molecule has 19 heavy (non-hydrogen) atoms. The van der Waals surface area contributed by atoms with Crippen LogP contribution < -0.4 is 5.73 Å². The van der Waals surface area contributed by atoms with Gasteiger partial charge >= 0.3 is 0 Å². The first-order valence-corrected chi connectivity index (χ1v) is 7.35. The van der Waals surface area contributed by atoms with Gasteiger partial charge in [0.05, 0.1) is 12.9 Å². The summed E-state index contributed by atoms with van der Waals surface area (Å²) >= 11 is 0. The maximum absolute atomic E-state index is 6.60. The van der Waals surface area contributed by atoms with Crippen molar-refractivity contribution in [1.29, 1.82) is 0 Å². The van der Waals surface area contributed by atoms with Gasteiger partial charge in [0.25, 0.3) is 0 Å². The van der Waals surface area contributed by atoms with Crippen LogP contribution in [0.3, 0.4) is 0 Å². The van der Waals surface area contributed by atoms with Gasteiger partial charge < -0.3 is 10.5 Å². The highest BCUT2D eigenvalue weighted by molar-refractivity contribution is 5.40. The third kappa shape index (κ3) is 2.24. The Hall–Kier alpha value is -0.760. The normalized spacial score (nSPS) is 28.3. The van der Waals surface area contributed by atoms with Crippen LogP contribution in [0.4, 0.5) is 0 Å². The second-order valence-corrected chi connectivity index (χ2v) is 7.85. The van der Waals surface area contributed by atoms with E-state index in [2.05, 4.69) is 40.7 Å². The molecule has 0 fully saturated rings. The van der Waals surface area contributed by atoms with Crippen LogP contribution in [0.15, 0.2) is 23.0 Å². The van der Waals surface area contributed by atoms with E-state index >= 15 is 0 Å². The molecule has 1 atom stereocenters. The van der Waals surface area contributed by atoms with E-state index in [0.717, 1.165) is 31.4 Å². The number of nitrogens with two attached hydrogens (primary N) is 1. The summed E-state index contributed by atoms with van der Waals surface area (Å²) < 4.78 is 5.43. The largest absolute Gasteiger partial charge is 0.501 e. The first-order valence-electron chi connectivity index (χ1n) is 7.35. The standard InChI is InChI=1S/C17H29NO/c1-15(2,3)17(16(4,5)18)10-12-7-8-14(19-6)9-13(12)11-17/h9H,7-8,10-11,18H2,1-6H3. The van der Waals surface area contributed by atoms with Crippen LogP contribution in [-0.4, -0.2) is 12.6 Å². The molecule has 108 valence electrons. The summed E-state index contributed by atoms with van der Waals surface area (Å²) in [6, 6.07) is 0. The Bertz CT molecular complexity index is 415. The average molecular weight is 263 g/mol. The van der Waals surface area contributed by atoms with Gasteiger partial charge in [0.15, 0.2) is 0 Å². The second-order valence-electron chi connectivity index (χ2n) is 7.85. The molecule has 0 aliphatic heterocycles. The lowest BCUT2D eigenvalue weighted by atomic mass is 9.55. The lowest BCUT2D eigenvalue weighted by Gasteiger charge is -2.52. The van der Waals surface area contributed by atoms with Crippen molar-refractivity contribution < 1.29 is 4.74 Å². The highest BCUT2D eigenvalue weighted by Crippen LogP contribution is 2.60. The average Bonchev–Trinajstić information content (AvgIpc) is 2.66. The van der Waals surface area contributed by atoms with Crippen molar-refractivity contribution in [2.75, 3.05) is 7.11 Å². The fraction of sp³-hybridized carbons (Fsp3) is 0.765. The summed E-state index contributed by atoms with van der Waals surface area (Å²) in [7, 11) is 1.77. The Morgan fingerprint density at radius 3 is 2.21 bits per heavy atom. The molecule has 2 aliphatic carbocycles. The minimum atomic E-state index is -0.177. The van der Waals surface area contributed by atoms with Crippen LogP contribution >= 0.6 is 0 Å². The number of hydrogen-bond donors (Lipinski definition) is 1. The van der Waals surface area contributed by atoms with Gasteiger partial charge in [-0.3, -0.25) is 0 Å². The lowest BCUT2D eigenvalue weighted by molar-refractivity contribution is 0.0207. The van der Waals surface area contributed by atoms with Gasteiger partial charge in [-0.2, -0.15) is 0 Å². The van der Waals surface area contributed by atoms with Gasteiger partial charge in [0.2, 0.25) is 0 Å². The summed E-state index contributed by atoms with van der Waals surface area (Å²) in [6.07, 6.45) is 6.67. The van der Waals surface area contributed by atoms with Gasteiger partial charge in [-0.05, 0) is 50.2 Å². The Morgan fingerprint density at radius 2 is 1.74 bits per heavy atom. The quantitative estimate of drug-likeness (QED) is 0.811. The molecule has 0 saturated carbocycles. The van der Waals surface area contributed by atoms with Crippen LogP contribution in [-0.2, 0) is 4.74 Å². The zero-order valence-electron chi connectivity index (χ0n) is 13.4. The van der Waals surface area contributed by atoms with Crippen LogP contribution in [0.25, 0.3) is 0 Å². The molecule has 2 N–H and O–H groups in total. The molecule has 0 aromatic rings. The molecule has 0 heterocycles. The van der Waals surface area contributed by atoms with Crippen molar-refractivity contribution in [3.63, 3.8) is 0 Å². The number of ether oxygens (including phenoxy) is 1. The van der Waals surface area contributed by atoms with Gasteiger partial charge in [-0.1, -0.05) is 26.3 Å². The third-order valence-corrected chi connectivity index (χ3v) is 5.40. The van der Waals surface area contributed by atoms with Crippen molar-refractivity contribution in [2.24, 2.45) is 16.6 Å². The molecule has 2 aliphatic rings.